The first-order valence-corrected chi connectivity index (χ1v) is 10.9. The van der Waals surface area contributed by atoms with E-state index in [0.717, 1.165) is 38.3 Å². The second-order valence-corrected chi connectivity index (χ2v) is 9.60. The number of benzene rings is 1. The van der Waals surface area contributed by atoms with E-state index >= 15 is 0 Å². The van der Waals surface area contributed by atoms with E-state index in [1.165, 1.54) is 27.7 Å². The Kier molecular flexibility index (Phi) is 5.45. The maximum atomic E-state index is 12.4. The standard InChI is InChI=1S/C24H33N5O/c1-16-7-6-8-19-17(2)20(26-22(16)19)15-28-13-10-18(11-14-28)29-21(9-12-25-29)27-23(30)24(3,4)5/h6-9,12,18,26H,10-11,13-15H2,1-5H3,(H,27,30). The number of carbonyl (C=O) groups is 1. The Labute approximate surface area is 178 Å². The van der Waals surface area contributed by atoms with E-state index in [4.69, 9.17) is 0 Å². The average Bonchev–Trinajstić information content (AvgIpc) is 3.28. The Balaban J connectivity index is 1.41. The average molecular weight is 408 g/mol. The largest absolute Gasteiger partial charge is 0.357 e. The monoisotopic (exact) mass is 407 g/mol. The molecule has 1 fully saturated rings. The first-order valence-electron chi connectivity index (χ1n) is 10.9. The summed E-state index contributed by atoms with van der Waals surface area (Å²) in [7, 11) is 0. The molecule has 1 aromatic carbocycles. The van der Waals surface area contributed by atoms with E-state index in [2.05, 4.69) is 52.3 Å². The number of aromatic nitrogens is 3. The highest BCUT2D eigenvalue weighted by Crippen LogP contribution is 2.29. The third kappa shape index (κ3) is 4.01. The van der Waals surface area contributed by atoms with Gasteiger partial charge >= 0.3 is 0 Å². The maximum absolute atomic E-state index is 12.4. The van der Waals surface area contributed by atoms with Crippen molar-refractivity contribution in [3.05, 3.63) is 47.3 Å². The fourth-order valence-corrected chi connectivity index (χ4v) is 4.27. The number of anilines is 1. The first kappa shape index (κ1) is 20.7. The van der Waals surface area contributed by atoms with E-state index in [-0.39, 0.29) is 5.91 Å². The lowest BCUT2D eigenvalue weighted by molar-refractivity contribution is -0.123. The predicted octanol–water partition coefficient (Wildman–Crippen LogP) is 4.80. The lowest BCUT2D eigenvalue weighted by Gasteiger charge is -2.32. The minimum absolute atomic E-state index is 0.0197. The van der Waals surface area contributed by atoms with Crippen LogP contribution in [0.2, 0.25) is 0 Å². The second-order valence-electron chi connectivity index (χ2n) is 9.60. The van der Waals surface area contributed by atoms with Crippen LogP contribution in [0.4, 0.5) is 5.82 Å². The van der Waals surface area contributed by atoms with Crippen LogP contribution >= 0.6 is 0 Å². The quantitative estimate of drug-likeness (QED) is 0.653. The fourth-order valence-electron chi connectivity index (χ4n) is 4.27. The summed E-state index contributed by atoms with van der Waals surface area (Å²) in [5.41, 5.74) is 4.80. The van der Waals surface area contributed by atoms with E-state index in [1.807, 2.05) is 31.5 Å². The van der Waals surface area contributed by atoms with Gasteiger partial charge < -0.3 is 10.3 Å². The van der Waals surface area contributed by atoms with Crippen LogP contribution in [-0.4, -0.2) is 38.7 Å². The molecule has 0 radical (unpaired) electrons. The van der Waals surface area contributed by atoms with Gasteiger partial charge in [-0.15, -0.1) is 0 Å². The van der Waals surface area contributed by atoms with Crippen LogP contribution in [0.5, 0.6) is 0 Å². The number of aromatic amines is 1. The summed E-state index contributed by atoms with van der Waals surface area (Å²) in [6.07, 6.45) is 3.83. The molecule has 4 rings (SSSR count). The van der Waals surface area contributed by atoms with Crippen molar-refractivity contribution in [1.82, 2.24) is 19.7 Å². The van der Waals surface area contributed by atoms with Gasteiger partial charge in [0.25, 0.3) is 0 Å². The number of fused-ring (bicyclic) bond motifs is 1. The number of aryl methyl sites for hydroxylation is 2. The number of nitrogens with one attached hydrogen (secondary N) is 2. The molecule has 0 bridgehead atoms. The molecule has 6 nitrogen and oxygen atoms in total. The van der Waals surface area contributed by atoms with Crippen molar-refractivity contribution < 1.29 is 4.79 Å². The maximum Gasteiger partial charge on any atom is 0.230 e. The molecule has 1 aliphatic rings. The summed E-state index contributed by atoms with van der Waals surface area (Å²) >= 11 is 0. The summed E-state index contributed by atoms with van der Waals surface area (Å²) in [5, 5.41) is 8.89. The van der Waals surface area contributed by atoms with Crippen LogP contribution in [0.3, 0.4) is 0 Å². The van der Waals surface area contributed by atoms with Crippen LogP contribution in [0.15, 0.2) is 30.5 Å². The van der Waals surface area contributed by atoms with E-state index in [1.54, 1.807) is 6.20 Å². The zero-order chi connectivity index (χ0) is 21.5. The van der Waals surface area contributed by atoms with Gasteiger partial charge in [-0.2, -0.15) is 5.10 Å². The first-order chi connectivity index (χ1) is 14.2. The van der Waals surface area contributed by atoms with Gasteiger partial charge in [0.1, 0.15) is 5.82 Å². The molecule has 0 saturated carbocycles. The summed E-state index contributed by atoms with van der Waals surface area (Å²) < 4.78 is 2.00. The van der Waals surface area contributed by atoms with Gasteiger partial charge in [-0.3, -0.25) is 9.69 Å². The van der Waals surface area contributed by atoms with Gasteiger partial charge in [-0.1, -0.05) is 39.0 Å². The molecular formula is C24H33N5O. The number of piperidine rings is 1. The molecule has 0 atom stereocenters. The lowest BCUT2D eigenvalue weighted by Crippen LogP contribution is -2.35. The Bertz CT molecular complexity index is 1050. The molecule has 0 spiro atoms. The van der Waals surface area contributed by atoms with Gasteiger partial charge in [0, 0.05) is 47.7 Å². The number of likely N-dealkylation sites (tertiary alicyclic amines) is 1. The summed E-state index contributed by atoms with van der Waals surface area (Å²) in [5.74, 6) is 0.821. The molecule has 30 heavy (non-hydrogen) atoms. The molecule has 3 aromatic rings. The van der Waals surface area contributed by atoms with Crippen molar-refractivity contribution in [2.75, 3.05) is 18.4 Å². The highest BCUT2D eigenvalue weighted by molar-refractivity contribution is 5.93. The molecule has 1 saturated heterocycles. The van der Waals surface area contributed by atoms with Gasteiger partial charge in [0.15, 0.2) is 0 Å². The van der Waals surface area contributed by atoms with Crippen LogP contribution < -0.4 is 5.32 Å². The number of rotatable bonds is 4. The second kappa shape index (κ2) is 7.91. The molecule has 6 heteroatoms. The number of hydrogen-bond acceptors (Lipinski definition) is 3. The Morgan fingerprint density at radius 3 is 2.60 bits per heavy atom. The number of hydrogen-bond donors (Lipinski definition) is 2. The van der Waals surface area contributed by atoms with Gasteiger partial charge in [0.2, 0.25) is 5.91 Å². The van der Waals surface area contributed by atoms with Gasteiger partial charge in [-0.05, 0) is 37.8 Å². The molecule has 2 aromatic heterocycles. The van der Waals surface area contributed by atoms with Crippen molar-refractivity contribution >= 4 is 22.6 Å². The van der Waals surface area contributed by atoms with Crippen LogP contribution in [0.1, 0.15) is 56.5 Å². The molecule has 1 aliphatic heterocycles. The lowest BCUT2D eigenvalue weighted by atomic mass is 9.96. The summed E-state index contributed by atoms with van der Waals surface area (Å²) in [6.45, 7) is 13.1. The zero-order valence-electron chi connectivity index (χ0n) is 18.7. The Morgan fingerprint density at radius 2 is 1.93 bits per heavy atom. The van der Waals surface area contributed by atoms with E-state index < -0.39 is 5.41 Å². The van der Waals surface area contributed by atoms with E-state index in [0.29, 0.717) is 6.04 Å². The zero-order valence-corrected chi connectivity index (χ0v) is 18.7. The van der Waals surface area contributed by atoms with Crippen molar-refractivity contribution in [3.8, 4) is 0 Å². The van der Waals surface area contributed by atoms with Crippen molar-refractivity contribution in [3.63, 3.8) is 0 Å². The molecule has 0 unspecified atom stereocenters. The number of carbonyl (C=O) groups excluding carboxylic acids is 1. The van der Waals surface area contributed by atoms with Crippen molar-refractivity contribution in [1.29, 1.82) is 0 Å². The predicted molar refractivity (Wildman–Crippen MR) is 122 cm³/mol. The number of amides is 1. The third-order valence-electron chi connectivity index (χ3n) is 6.28. The molecule has 2 N–H and O–H groups in total. The van der Waals surface area contributed by atoms with Gasteiger partial charge in [-0.25, -0.2) is 4.68 Å². The number of nitrogens with zero attached hydrogens (tertiary/aromatic N) is 3. The third-order valence-corrected chi connectivity index (χ3v) is 6.28. The SMILES string of the molecule is Cc1c(CN2CCC(n3nccc3NC(=O)C(C)(C)C)CC2)[nH]c2c(C)cccc12. The molecular weight excluding hydrogens is 374 g/mol. The van der Waals surface area contributed by atoms with E-state index in [9.17, 15) is 4.79 Å². The minimum atomic E-state index is -0.422. The molecule has 3 heterocycles. The number of para-hydroxylation sites is 1. The molecule has 160 valence electrons. The fraction of sp³-hybridized carbons (Fsp3) is 0.500. The normalized spacial score (nSPS) is 16.3. The van der Waals surface area contributed by atoms with Crippen LogP contribution in [0.25, 0.3) is 10.9 Å². The van der Waals surface area contributed by atoms with Crippen molar-refractivity contribution in [2.45, 2.75) is 60.0 Å². The Morgan fingerprint density at radius 1 is 1.20 bits per heavy atom. The highest BCUT2D eigenvalue weighted by Gasteiger charge is 2.26. The topological polar surface area (TPSA) is 66.0 Å². The highest BCUT2D eigenvalue weighted by atomic mass is 16.2. The molecule has 1 amide bonds. The van der Waals surface area contributed by atoms with Gasteiger partial charge in [0.05, 0.1) is 12.2 Å². The summed E-state index contributed by atoms with van der Waals surface area (Å²) in [4.78, 5) is 18.6. The number of H-pyrrole nitrogens is 1. The van der Waals surface area contributed by atoms with Crippen LogP contribution in [0, 0.1) is 19.3 Å². The Hall–Kier alpha value is -2.60. The molecule has 0 aliphatic carbocycles. The van der Waals surface area contributed by atoms with Crippen LogP contribution in [-0.2, 0) is 11.3 Å². The minimum Gasteiger partial charge on any atom is -0.357 e. The summed E-state index contributed by atoms with van der Waals surface area (Å²) in [6, 6.07) is 8.71. The smallest absolute Gasteiger partial charge is 0.230 e. The van der Waals surface area contributed by atoms with Crippen molar-refractivity contribution in [2.24, 2.45) is 5.41 Å².